The molecule has 0 saturated heterocycles. The number of anilines is 2. The fourth-order valence-corrected chi connectivity index (χ4v) is 3.91. The average Bonchev–Trinajstić information content (AvgIpc) is 2.75. The van der Waals surface area contributed by atoms with Crippen molar-refractivity contribution in [2.75, 3.05) is 30.5 Å². The number of imide groups is 1. The van der Waals surface area contributed by atoms with Crippen LogP contribution < -0.4 is 10.2 Å². The van der Waals surface area contributed by atoms with Crippen molar-refractivity contribution in [3.05, 3.63) is 75.3 Å². The Balaban J connectivity index is 1.91. The summed E-state index contributed by atoms with van der Waals surface area (Å²) in [5.41, 5.74) is 1.89. The van der Waals surface area contributed by atoms with Gasteiger partial charge in [0.2, 0.25) is 0 Å². The van der Waals surface area contributed by atoms with Gasteiger partial charge in [0, 0.05) is 42.7 Å². The monoisotopic (exact) mass is 419 g/mol. The zero-order valence-corrected chi connectivity index (χ0v) is 17.2. The number of carbonyl (C=O) groups excluding carboxylic acids is 2. The van der Waals surface area contributed by atoms with Crippen LogP contribution >= 0.6 is 0 Å². The molecule has 3 aromatic carbocycles. The number of hydrogen-bond donors (Lipinski definition) is 1. The molecule has 8 nitrogen and oxygen atoms in total. The summed E-state index contributed by atoms with van der Waals surface area (Å²) in [6, 6.07) is 13.3. The predicted octanol–water partition coefficient (Wildman–Crippen LogP) is 4.31. The van der Waals surface area contributed by atoms with Crippen LogP contribution in [0.4, 0.5) is 17.1 Å². The largest absolute Gasteiger partial charge is 0.385 e. The first kappa shape index (κ1) is 20.5. The van der Waals surface area contributed by atoms with E-state index in [1.165, 1.54) is 6.07 Å². The van der Waals surface area contributed by atoms with Crippen LogP contribution in [0.2, 0.25) is 0 Å². The molecule has 1 aliphatic heterocycles. The number of methoxy groups -OCH3 is 1. The van der Waals surface area contributed by atoms with Crippen LogP contribution in [0.3, 0.4) is 0 Å². The van der Waals surface area contributed by atoms with Gasteiger partial charge in [-0.1, -0.05) is 24.3 Å². The van der Waals surface area contributed by atoms with E-state index in [-0.39, 0.29) is 11.3 Å². The second-order valence-corrected chi connectivity index (χ2v) is 7.36. The number of nitrogens with one attached hydrogen (secondary N) is 1. The molecule has 31 heavy (non-hydrogen) atoms. The van der Waals surface area contributed by atoms with Crippen LogP contribution in [0.5, 0.6) is 0 Å². The fraction of sp³-hybridized carbons (Fsp3) is 0.217. The molecule has 0 bridgehead atoms. The Labute approximate surface area is 178 Å². The third-order valence-electron chi connectivity index (χ3n) is 5.29. The Morgan fingerprint density at radius 3 is 2.52 bits per heavy atom. The summed E-state index contributed by atoms with van der Waals surface area (Å²) in [5, 5.41) is 15.8. The molecule has 0 radical (unpaired) electrons. The lowest BCUT2D eigenvalue weighted by Gasteiger charge is -2.28. The molecule has 1 aliphatic rings. The normalized spacial score (nSPS) is 13.0. The minimum atomic E-state index is -0.576. The highest BCUT2D eigenvalue weighted by Crippen LogP contribution is 2.41. The van der Waals surface area contributed by atoms with E-state index < -0.39 is 16.7 Å². The molecule has 0 saturated carbocycles. The zero-order chi connectivity index (χ0) is 22.1. The van der Waals surface area contributed by atoms with E-state index in [0.29, 0.717) is 47.3 Å². The Hall–Kier alpha value is -3.78. The summed E-state index contributed by atoms with van der Waals surface area (Å²) in [6.07, 6.45) is 0.648. The van der Waals surface area contributed by atoms with Crippen molar-refractivity contribution >= 4 is 39.6 Å². The lowest BCUT2D eigenvalue weighted by atomic mass is 9.91. The molecule has 0 unspecified atom stereocenters. The number of carbonyl (C=O) groups is 2. The van der Waals surface area contributed by atoms with Crippen molar-refractivity contribution < 1.29 is 19.2 Å². The van der Waals surface area contributed by atoms with Crippen molar-refractivity contribution in [2.45, 2.75) is 13.3 Å². The van der Waals surface area contributed by atoms with Crippen LogP contribution in [0.15, 0.2) is 48.5 Å². The average molecular weight is 419 g/mol. The Morgan fingerprint density at radius 2 is 1.81 bits per heavy atom. The van der Waals surface area contributed by atoms with Crippen molar-refractivity contribution in [3.63, 3.8) is 0 Å². The number of amides is 2. The van der Waals surface area contributed by atoms with Gasteiger partial charge in [0.05, 0.1) is 16.2 Å². The van der Waals surface area contributed by atoms with Crippen LogP contribution in [0, 0.1) is 17.0 Å². The fourth-order valence-electron chi connectivity index (χ4n) is 3.91. The summed E-state index contributed by atoms with van der Waals surface area (Å²) < 4.78 is 5.03. The quantitative estimate of drug-likeness (QED) is 0.265. The highest BCUT2D eigenvalue weighted by molar-refractivity contribution is 6.37. The van der Waals surface area contributed by atoms with Crippen LogP contribution in [0.25, 0.3) is 10.8 Å². The van der Waals surface area contributed by atoms with E-state index in [0.717, 1.165) is 10.5 Å². The third kappa shape index (κ3) is 3.51. The summed E-state index contributed by atoms with van der Waals surface area (Å²) in [6.45, 7) is 2.82. The van der Waals surface area contributed by atoms with Gasteiger partial charge in [0.25, 0.3) is 17.5 Å². The molecule has 0 atom stereocenters. The maximum atomic E-state index is 13.4. The van der Waals surface area contributed by atoms with Crippen molar-refractivity contribution in [3.8, 4) is 0 Å². The Morgan fingerprint density at radius 1 is 1.06 bits per heavy atom. The lowest BCUT2D eigenvalue weighted by molar-refractivity contribution is -0.383. The van der Waals surface area contributed by atoms with E-state index in [1.54, 1.807) is 43.5 Å². The number of nitro groups is 1. The summed E-state index contributed by atoms with van der Waals surface area (Å²) in [5.74, 6) is -1.03. The highest BCUT2D eigenvalue weighted by atomic mass is 16.6. The molecule has 8 heteroatoms. The molecular weight excluding hydrogens is 398 g/mol. The van der Waals surface area contributed by atoms with Crippen molar-refractivity contribution in [2.24, 2.45) is 0 Å². The predicted molar refractivity (Wildman–Crippen MR) is 118 cm³/mol. The standard InChI is InChI=1S/C23H21N3O5/c1-14-6-3-7-15(12-14)25-22(27)17-9-4-8-16-20(17)18(23(25)28)13-19(26(29)30)21(16)24-10-5-11-31-2/h3-4,6-9,12-13,24H,5,10-11H2,1-2H3. The van der Waals surface area contributed by atoms with Gasteiger partial charge in [-0.25, -0.2) is 4.90 Å². The van der Waals surface area contributed by atoms with Crippen LogP contribution in [-0.4, -0.2) is 37.0 Å². The van der Waals surface area contributed by atoms with E-state index in [4.69, 9.17) is 4.74 Å². The van der Waals surface area contributed by atoms with Crippen molar-refractivity contribution in [1.29, 1.82) is 0 Å². The summed E-state index contributed by atoms with van der Waals surface area (Å²) >= 11 is 0. The molecule has 1 N–H and O–H groups in total. The second kappa shape index (κ2) is 8.16. The molecular formula is C23H21N3O5. The highest BCUT2D eigenvalue weighted by Gasteiger charge is 2.37. The number of ether oxygens (including phenoxy) is 1. The number of hydrogen-bond acceptors (Lipinski definition) is 6. The summed E-state index contributed by atoms with van der Waals surface area (Å²) in [7, 11) is 1.59. The van der Waals surface area contributed by atoms with Gasteiger partial charge in [0.1, 0.15) is 5.69 Å². The minimum absolute atomic E-state index is 0.140. The van der Waals surface area contributed by atoms with Crippen molar-refractivity contribution in [1.82, 2.24) is 0 Å². The van der Waals surface area contributed by atoms with E-state index in [2.05, 4.69) is 5.32 Å². The third-order valence-corrected chi connectivity index (χ3v) is 5.29. The van der Waals surface area contributed by atoms with Gasteiger partial charge >= 0.3 is 0 Å². The maximum Gasteiger partial charge on any atom is 0.293 e. The number of nitro benzene ring substituents is 1. The smallest absolute Gasteiger partial charge is 0.293 e. The molecule has 0 spiro atoms. The maximum absolute atomic E-state index is 13.4. The molecule has 0 aliphatic carbocycles. The minimum Gasteiger partial charge on any atom is -0.385 e. The number of benzene rings is 3. The molecule has 2 amide bonds. The molecule has 0 fully saturated rings. The van der Waals surface area contributed by atoms with Crippen LogP contribution in [-0.2, 0) is 4.74 Å². The van der Waals surface area contributed by atoms with Gasteiger partial charge in [-0.15, -0.1) is 0 Å². The molecule has 4 rings (SSSR count). The van der Waals surface area contributed by atoms with Gasteiger partial charge in [-0.05, 0) is 37.1 Å². The molecule has 1 heterocycles. The number of nitrogens with zero attached hydrogens (tertiary/aromatic N) is 2. The van der Waals surface area contributed by atoms with Crippen LogP contribution in [0.1, 0.15) is 32.7 Å². The zero-order valence-electron chi connectivity index (χ0n) is 17.2. The van der Waals surface area contributed by atoms with E-state index >= 15 is 0 Å². The lowest BCUT2D eigenvalue weighted by Crippen LogP contribution is -2.40. The van der Waals surface area contributed by atoms with E-state index in [1.807, 2.05) is 13.0 Å². The first-order valence-corrected chi connectivity index (χ1v) is 9.86. The summed E-state index contributed by atoms with van der Waals surface area (Å²) in [4.78, 5) is 39.1. The number of aryl methyl sites for hydroxylation is 1. The molecule has 3 aromatic rings. The van der Waals surface area contributed by atoms with Gasteiger partial charge < -0.3 is 10.1 Å². The SMILES string of the molecule is COCCCNc1c([N+](=O)[O-])cc2c3c(cccc13)C(=O)N(c1cccc(C)c1)C2=O. The Kier molecular flexibility index (Phi) is 5.39. The first-order valence-electron chi connectivity index (χ1n) is 9.86. The topological polar surface area (TPSA) is 102 Å². The van der Waals surface area contributed by atoms with Gasteiger partial charge in [-0.3, -0.25) is 19.7 Å². The molecule has 158 valence electrons. The van der Waals surface area contributed by atoms with Gasteiger partial charge in [-0.2, -0.15) is 0 Å². The second-order valence-electron chi connectivity index (χ2n) is 7.36. The first-order chi connectivity index (χ1) is 14.9. The number of rotatable bonds is 7. The molecule has 0 aromatic heterocycles. The van der Waals surface area contributed by atoms with Gasteiger partial charge in [0.15, 0.2) is 0 Å². The Bertz CT molecular complexity index is 1220. The van der Waals surface area contributed by atoms with E-state index in [9.17, 15) is 19.7 Å².